The molecule has 0 atom stereocenters. The number of rotatable bonds is 6. The number of anilines is 1. The minimum absolute atomic E-state index is 0.105. The van der Waals surface area contributed by atoms with Gasteiger partial charge in [0.25, 0.3) is 10.0 Å². The van der Waals surface area contributed by atoms with Gasteiger partial charge in [0.2, 0.25) is 0 Å². The van der Waals surface area contributed by atoms with Crippen LogP contribution in [-0.4, -0.2) is 34.1 Å². The lowest BCUT2D eigenvalue weighted by molar-refractivity contribution is 0.0525. The monoisotopic (exact) mass is 381 g/mol. The number of sulfonamides is 1. The Hall–Kier alpha value is -2.94. The van der Waals surface area contributed by atoms with E-state index in [-0.39, 0.29) is 23.4 Å². The van der Waals surface area contributed by atoms with E-state index in [2.05, 4.69) is 9.46 Å². The first-order chi connectivity index (χ1) is 12.3. The van der Waals surface area contributed by atoms with Crippen molar-refractivity contribution in [3.63, 3.8) is 0 Å². The number of nitrogens with one attached hydrogen (secondary N) is 1. The first-order valence-electron chi connectivity index (χ1n) is 7.46. The SMILES string of the molecule is CCOC(=O)c1ccc(NS(=O)(=O)c2cc(C(=O)OC)ccc2F)cc1. The van der Waals surface area contributed by atoms with Gasteiger partial charge >= 0.3 is 11.9 Å². The minimum Gasteiger partial charge on any atom is -0.465 e. The third-order valence-electron chi connectivity index (χ3n) is 3.29. The molecule has 138 valence electrons. The minimum atomic E-state index is -4.30. The Kier molecular flexibility index (Phi) is 5.93. The van der Waals surface area contributed by atoms with Crippen LogP contribution in [0.3, 0.4) is 0 Å². The largest absolute Gasteiger partial charge is 0.465 e. The molecule has 0 amide bonds. The fourth-order valence-electron chi connectivity index (χ4n) is 2.05. The van der Waals surface area contributed by atoms with Crippen molar-refractivity contribution in [1.82, 2.24) is 0 Å². The molecule has 0 aliphatic heterocycles. The van der Waals surface area contributed by atoms with E-state index in [1.807, 2.05) is 0 Å². The fraction of sp³-hybridized carbons (Fsp3) is 0.176. The summed E-state index contributed by atoms with van der Waals surface area (Å²) in [6, 6.07) is 8.29. The van der Waals surface area contributed by atoms with Gasteiger partial charge < -0.3 is 9.47 Å². The molecule has 1 N–H and O–H groups in total. The Morgan fingerprint density at radius 2 is 1.65 bits per heavy atom. The second-order valence-electron chi connectivity index (χ2n) is 5.04. The summed E-state index contributed by atoms with van der Waals surface area (Å²) in [5.74, 6) is -2.35. The molecular formula is C17H16FNO6S. The van der Waals surface area contributed by atoms with Crippen molar-refractivity contribution in [2.24, 2.45) is 0 Å². The highest BCUT2D eigenvalue weighted by Crippen LogP contribution is 2.21. The normalized spacial score (nSPS) is 10.9. The number of hydrogen-bond acceptors (Lipinski definition) is 6. The summed E-state index contributed by atoms with van der Waals surface area (Å²) in [4.78, 5) is 22.4. The molecule has 2 aromatic carbocycles. The first-order valence-corrected chi connectivity index (χ1v) is 8.94. The number of benzene rings is 2. The molecule has 0 unspecified atom stereocenters. The summed E-state index contributed by atoms with van der Waals surface area (Å²) >= 11 is 0. The molecule has 9 heteroatoms. The van der Waals surface area contributed by atoms with Gasteiger partial charge in [-0.05, 0) is 49.4 Å². The second-order valence-corrected chi connectivity index (χ2v) is 6.69. The predicted octanol–water partition coefficient (Wildman–Crippen LogP) is 2.59. The number of carbonyl (C=O) groups is 2. The molecule has 0 saturated carbocycles. The molecule has 2 aromatic rings. The van der Waals surface area contributed by atoms with E-state index in [9.17, 15) is 22.4 Å². The molecule has 0 aliphatic carbocycles. The predicted molar refractivity (Wildman–Crippen MR) is 90.9 cm³/mol. The van der Waals surface area contributed by atoms with Crippen molar-refractivity contribution in [2.45, 2.75) is 11.8 Å². The maximum Gasteiger partial charge on any atom is 0.338 e. The molecule has 7 nitrogen and oxygen atoms in total. The molecule has 0 bridgehead atoms. The van der Waals surface area contributed by atoms with E-state index >= 15 is 0 Å². The van der Waals surface area contributed by atoms with Crippen LogP contribution in [0.1, 0.15) is 27.6 Å². The Morgan fingerprint density at radius 1 is 1.04 bits per heavy atom. The van der Waals surface area contributed by atoms with E-state index in [0.29, 0.717) is 0 Å². The lowest BCUT2D eigenvalue weighted by Gasteiger charge is -2.10. The van der Waals surface area contributed by atoms with Crippen molar-refractivity contribution in [3.05, 3.63) is 59.4 Å². The molecule has 0 aliphatic rings. The van der Waals surface area contributed by atoms with Gasteiger partial charge in [0.05, 0.1) is 24.8 Å². The number of ether oxygens (including phenoxy) is 2. The average molecular weight is 381 g/mol. The van der Waals surface area contributed by atoms with Gasteiger partial charge in [-0.3, -0.25) is 4.72 Å². The summed E-state index contributed by atoms with van der Waals surface area (Å²) in [5.41, 5.74) is 0.251. The zero-order chi connectivity index (χ0) is 19.3. The molecule has 0 fully saturated rings. The number of esters is 2. The molecule has 0 spiro atoms. The molecule has 2 rings (SSSR count). The van der Waals surface area contributed by atoms with Gasteiger partial charge in [-0.2, -0.15) is 0 Å². The summed E-state index contributed by atoms with van der Waals surface area (Å²) in [6.45, 7) is 1.88. The summed E-state index contributed by atoms with van der Waals surface area (Å²) in [6.07, 6.45) is 0. The standard InChI is InChI=1S/C17H16FNO6S/c1-3-25-17(21)11-4-7-13(8-5-11)19-26(22,23)15-10-12(16(20)24-2)6-9-14(15)18/h4-10,19H,3H2,1-2H3. The van der Waals surface area contributed by atoms with Gasteiger partial charge in [0.15, 0.2) is 0 Å². The van der Waals surface area contributed by atoms with Gasteiger partial charge in [0, 0.05) is 5.69 Å². The van der Waals surface area contributed by atoms with E-state index in [0.717, 1.165) is 25.3 Å². The maximum atomic E-state index is 14.0. The molecule has 0 radical (unpaired) electrons. The van der Waals surface area contributed by atoms with Crippen LogP contribution >= 0.6 is 0 Å². The summed E-state index contributed by atoms with van der Waals surface area (Å²) in [7, 11) is -3.17. The van der Waals surface area contributed by atoms with Crippen LogP contribution in [-0.2, 0) is 19.5 Å². The first kappa shape index (κ1) is 19.4. The van der Waals surface area contributed by atoms with Crippen molar-refractivity contribution >= 4 is 27.6 Å². The quantitative estimate of drug-likeness (QED) is 0.772. The number of methoxy groups -OCH3 is 1. The van der Waals surface area contributed by atoms with Gasteiger partial charge in [0.1, 0.15) is 10.7 Å². The molecular weight excluding hydrogens is 365 g/mol. The van der Waals surface area contributed by atoms with Crippen molar-refractivity contribution < 1.29 is 31.9 Å². The molecule has 26 heavy (non-hydrogen) atoms. The highest BCUT2D eigenvalue weighted by molar-refractivity contribution is 7.92. The number of carbonyl (C=O) groups excluding carboxylic acids is 2. The zero-order valence-corrected chi connectivity index (χ0v) is 14.8. The maximum absolute atomic E-state index is 14.0. The Balaban J connectivity index is 2.29. The third-order valence-corrected chi connectivity index (χ3v) is 4.69. The van der Waals surface area contributed by atoms with Crippen molar-refractivity contribution in [2.75, 3.05) is 18.4 Å². The Labute approximate surface area is 149 Å². The van der Waals surface area contributed by atoms with Gasteiger partial charge in [-0.15, -0.1) is 0 Å². The summed E-state index contributed by atoms with van der Waals surface area (Å²) < 4.78 is 50.3. The Bertz CT molecular complexity index is 925. The third kappa shape index (κ3) is 4.37. The topological polar surface area (TPSA) is 98.8 Å². The van der Waals surface area contributed by atoms with Crippen LogP contribution in [0.4, 0.5) is 10.1 Å². The smallest absolute Gasteiger partial charge is 0.338 e. The van der Waals surface area contributed by atoms with E-state index < -0.39 is 32.7 Å². The molecule has 0 heterocycles. The average Bonchev–Trinajstić information content (AvgIpc) is 2.61. The van der Waals surface area contributed by atoms with Crippen LogP contribution < -0.4 is 4.72 Å². The molecule has 0 saturated heterocycles. The number of hydrogen-bond donors (Lipinski definition) is 1. The second kappa shape index (κ2) is 7.96. The number of halogens is 1. The van der Waals surface area contributed by atoms with E-state index in [1.165, 1.54) is 24.3 Å². The highest BCUT2D eigenvalue weighted by Gasteiger charge is 2.22. The Morgan fingerprint density at radius 3 is 2.23 bits per heavy atom. The van der Waals surface area contributed by atoms with E-state index in [4.69, 9.17) is 4.74 Å². The lowest BCUT2D eigenvalue weighted by Crippen LogP contribution is -2.16. The van der Waals surface area contributed by atoms with Crippen LogP contribution in [0.15, 0.2) is 47.4 Å². The van der Waals surface area contributed by atoms with Crippen molar-refractivity contribution in [1.29, 1.82) is 0 Å². The lowest BCUT2D eigenvalue weighted by atomic mass is 10.2. The zero-order valence-electron chi connectivity index (χ0n) is 14.0. The van der Waals surface area contributed by atoms with Crippen LogP contribution in [0.2, 0.25) is 0 Å². The highest BCUT2D eigenvalue weighted by atomic mass is 32.2. The molecule has 0 aromatic heterocycles. The van der Waals surface area contributed by atoms with E-state index in [1.54, 1.807) is 6.92 Å². The van der Waals surface area contributed by atoms with Gasteiger partial charge in [-0.1, -0.05) is 0 Å². The van der Waals surface area contributed by atoms with Gasteiger partial charge in [-0.25, -0.2) is 22.4 Å². The van der Waals surface area contributed by atoms with Crippen molar-refractivity contribution in [3.8, 4) is 0 Å². The van der Waals surface area contributed by atoms with Crippen LogP contribution in [0, 0.1) is 5.82 Å². The van der Waals surface area contributed by atoms with Crippen LogP contribution in [0.5, 0.6) is 0 Å². The fourth-order valence-corrected chi connectivity index (χ4v) is 3.22. The van der Waals surface area contributed by atoms with Crippen LogP contribution in [0.25, 0.3) is 0 Å². The summed E-state index contributed by atoms with van der Waals surface area (Å²) in [5, 5.41) is 0.